The summed E-state index contributed by atoms with van der Waals surface area (Å²) in [5.74, 6) is -3.24. The third-order valence-corrected chi connectivity index (χ3v) is 4.40. The molecule has 1 fully saturated rings. The summed E-state index contributed by atoms with van der Waals surface area (Å²) in [7, 11) is 0. The Hall–Kier alpha value is -3.21. The molecule has 11 heteroatoms. The second-order valence-electron chi connectivity index (χ2n) is 7.23. The van der Waals surface area contributed by atoms with Gasteiger partial charge in [-0.05, 0) is 12.8 Å². The van der Waals surface area contributed by atoms with Crippen molar-refractivity contribution >= 4 is 29.8 Å². The van der Waals surface area contributed by atoms with Crippen molar-refractivity contribution < 1.29 is 47.7 Å². The van der Waals surface area contributed by atoms with Gasteiger partial charge in [-0.25, -0.2) is 0 Å². The Kier molecular flexibility index (Phi) is 11.8. The highest BCUT2D eigenvalue weighted by atomic mass is 16.7. The van der Waals surface area contributed by atoms with E-state index in [0.29, 0.717) is 12.8 Å². The smallest absolute Gasteiger partial charge is 0.308 e. The van der Waals surface area contributed by atoms with Crippen molar-refractivity contribution in [2.75, 3.05) is 6.61 Å². The lowest BCUT2D eigenvalue weighted by Gasteiger charge is -2.44. The number of carbonyl (C=O) groups is 5. The molecule has 1 aliphatic rings. The highest BCUT2D eigenvalue weighted by Crippen LogP contribution is 2.28. The Labute approximate surface area is 192 Å². The van der Waals surface area contributed by atoms with Gasteiger partial charge in [0.2, 0.25) is 12.2 Å². The Balaban J connectivity index is 3.33. The Morgan fingerprint density at radius 2 is 1.42 bits per heavy atom. The van der Waals surface area contributed by atoms with Crippen LogP contribution in [0.1, 0.15) is 46.5 Å². The van der Waals surface area contributed by atoms with Crippen LogP contribution in [0.5, 0.6) is 0 Å². The maximum atomic E-state index is 12.4. The highest BCUT2D eigenvalue weighted by molar-refractivity contribution is 5.77. The third-order valence-electron chi connectivity index (χ3n) is 4.40. The van der Waals surface area contributed by atoms with E-state index < -0.39 is 60.4 Å². The van der Waals surface area contributed by atoms with Gasteiger partial charge < -0.3 is 29.0 Å². The molecule has 1 saturated heterocycles. The van der Waals surface area contributed by atoms with Gasteiger partial charge in [0.1, 0.15) is 18.8 Å². The van der Waals surface area contributed by atoms with Gasteiger partial charge in [0, 0.05) is 33.6 Å². The minimum Gasteiger partial charge on any atom is -0.463 e. The van der Waals surface area contributed by atoms with E-state index >= 15 is 0 Å². The van der Waals surface area contributed by atoms with E-state index in [0.717, 1.165) is 13.8 Å². The molecule has 11 nitrogen and oxygen atoms in total. The van der Waals surface area contributed by atoms with Crippen molar-refractivity contribution in [1.29, 1.82) is 0 Å². The highest BCUT2D eigenvalue weighted by Gasteiger charge is 2.52. The maximum absolute atomic E-state index is 12.4. The summed E-state index contributed by atoms with van der Waals surface area (Å²) in [6, 6.07) is -1.21. The van der Waals surface area contributed by atoms with Crippen molar-refractivity contribution in [3.8, 4) is 0 Å². The molecular formula is C22H31NO10. The molecule has 1 N–H and O–H groups in total. The molecule has 0 aromatic rings. The molecule has 1 heterocycles. The molecule has 0 radical (unpaired) electrons. The van der Waals surface area contributed by atoms with Crippen LogP contribution >= 0.6 is 0 Å². The Morgan fingerprint density at radius 3 is 1.97 bits per heavy atom. The van der Waals surface area contributed by atoms with Crippen molar-refractivity contribution in [2.24, 2.45) is 0 Å². The van der Waals surface area contributed by atoms with Gasteiger partial charge in [-0.1, -0.05) is 12.2 Å². The number of hydrogen-bond acceptors (Lipinski definition) is 10. The lowest BCUT2D eigenvalue weighted by molar-refractivity contribution is -0.271. The monoisotopic (exact) mass is 469 g/mol. The number of amides is 1. The van der Waals surface area contributed by atoms with Crippen LogP contribution in [0.15, 0.2) is 25.3 Å². The van der Waals surface area contributed by atoms with Crippen molar-refractivity contribution in [2.45, 2.75) is 77.1 Å². The van der Waals surface area contributed by atoms with Gasteiger partial charge in [-0.15, -0.1) is 13.2 Å². The predicted octanol–water partition coefficient (Wildman–Crippen LogP) is 1.10. The first-order valence-corrected chi connectivity index (χ1v) is 10.4. The van der Waals surface area contributed by atoms with Crippen molar-refractivity contribution in [3.63, 3.8) is 0 Å². The van der Waals surface area contributed by atoms with Gasteiger partial charge in [0.25, 0.3) is 0 Å². The van der Waals surface area contributed by atoms with Crippen LogP contribution in [0.2, 0.25) is 0 Å². The molecule has 0 aromatic heterocycles. The molecule has 0 saturated carbocycles. The normalized spacial score (nSPS) is 24.0. The fourth-order valence-electron chi connectivity index (χ4n) is 3.06. The zero-order valence-corrected chi connectivity index (χ0v) is 19.1. The molecule has 0 spiro atoms. The van der Waals surface area contributed by atoms with E-state index in [4.69, 9.17) is 23.7 Å². The van der Waals surface area contributed by atoms with Crippen LogP contribution < -0.4 is 5.32 Å². The Morgan fingerprint density at radius 1 is 0.848 bits per heavy atom. The summed E-state index contributed by atoms with van der Waals surface area (Å²) < 4.78 is 26.8. The summed E-state index contributed by atoms with van der Waals surface area (Å²) in [6.45, 7) is 10.1. The summed E-state index contributed by atoms with van der Waals surface area (Å²) in [5.41, 5.74) is 0. The molecule has 0 bridgehead atoms. The number of allylic oxidation sites excluding steroid dienone is 2. The number of rotatable bonds is 12. The molecule has 0 aliphatic carbocycles. The molecule has 0 unspecified atom stereocenters. The van der Waals surface area contributed by atoms with Gasteiger partial charge in [-0.3, -0.25) is 24.0 Å². The summed E-state index contributed by atoms with van der Waals surface area (Å²) >= 11 is 0. The lowest BCUT2D eigenvalue weighted by atomic mass is 9.95. The molecule has 184 valence electrons. The molecule has 1 aliphatic heterocycles. The summed E-state index contributed by atoms with van der Waals surface area (Å²) in [6.07, 6.45) is -1.33. The minimum absolute atomic E-state index is 0.0132. The van der Waals surface area contributed by atoms with Gasteiger partial charge in [0.15, 0.2) is 12.2 Å². The van der Waals surface area contributed by atoms with Gasteiger partial charge in [0.05, 0.1) is 0 Å². The third kappa shape index (κ3) is 9.85. The SMILES string of the molecule is C=CCCC(=O)N[C@H]1[C@@H](OC(=O)CCC=C)O[C@H](COC(C)=O)[C@@H](OC(C)=O)[C@@H]1OC(C)=O. The molecule has 5 atom stereocenters. The zero-order valence-electron chi connectivity index (χ0n) is 19.1. The van der Waals surface area contributed by atoms with Crippen LogP contribution in [-0.2, 0) is 47.7 Å². The first kappa shape index (κ1) is 27.8. The van der Waals surface area contributed by atoms with Crippen LogP contribution in [0.3, 0.4) is 0 Å². The first-order chi connectivity index (χ1) is 15.6. The summed E-state index contributed by atoms with van der Waals surface area (Å²) in [4.78, 5) is 59.7. The predicted molar refractivity (Wildman–Crippen MR) is 113 cm³/mol. The van der Waals surface area contributed by atoms with E-state index in [-0.39, 0.29) is 19.4 Å². The number of hydrogen-bond donors (Lipinski definition) is 1. The number of ether oxygens (including phenoxy) is 5. The van der Waals surface area contributed by atoms with Gasteiger partial charge in [-0.2, -0.15) is 0 Å². The van der Waals surface area contributed by atoms with E-state index in [1.165, 1.54) is 13.0 Å². The Bertz CT molecular complexity index is 749. The van der Waals surface area contributed by atoms with Crippen molar-refractivity contribution in [3.05, 3.63) is 25.3 Å². The van der Waals surface area contributed by atoms with Crippen LogP contribution in [0.4, 0.5) is 0 Å². The fraction of sp³-hybridized carbons (Fsp3) is 0.591. The fourth-order valence-corrected chi connectivity index (χ4v) is 3.06. The zero-order chi connectivity index (χ0) is 25.0. The average Bonchev–Trinajstić information content (AvgIpc) is 2.72. The summed E-state index contributed by atoms with van der Waals surface area (Å²) in [5, 5.41) is 2.62. The molecule has 33 heavy (non-hydrogen) atoms. The van der Waals surface area contributed by atoms with E-state index in [2.05, 4.69) is 18.5 Å². The number of esters is 4. The standard InChI is InChI=1S/C22H31NO10/c1-6-8-10-17(27)23-19-21(31-15(5)26)20(30-14(4)25)16(12-29-13(3)24)32-22(19)33-18(28)11-9-7-2/h6-7,16,19-22H,1-2,8-12H2,3-5H3,(H,23,27)/t16-,19-,20-,21-,22-/m1/s1. The van der Waals surface area contributed by atoms with E-state index in [1.807, 2.05) is 0 Å². The van der Waals surface area contributed by atoms with Crippen LogP contribution in [0, 0.1) is 0 Å². The second kappa shape index (κ2) is 14.0. The lowest BCUT2D eigenvalue weighted by Crippen LogP contribution is -2.67. The first-order valence-electron chi connectivity index (χ1n) is 10.4. The number of nitrogens with one attached hydrogen (secondary N) is 1. The molecular weight excluding hydrogens is 438 g/mol. The molecule has 1 rings (SSSR count). The second-order valence-corrected chi connectivity index (χ2v) is 7.23. The minimum atomic E-state index is -1.42. The maximum Gasteiger partial charge on any atom is 0.308 e. The van der Waals surface area contributed by atoms with E-state index in [1.54, 1.807) is 6.08 Å². The topological polar surface area (TPSA) is 144 Å². The van der Waals surface area contributed by atoms with Crippen molar-refractivity contribution in [1.82, 2.24) is 5.32 Å². The van der Waals surface area contributed by atoms with Crippen LogP contribution in [-0.4, -0.2) is 67.0 Å². The van der Waals surface area contributed by atoms with E-state index in [9.17, 15) is 24.0 Å². The largest absolute Gasteiger partial charge is 0.463 e. The molecule has 0 aromatic carbocycles. The van der Waals surface area contributed by atoms with Crippen LogP contribution in [0.25, 0.3) is 0 Å². The van der Waals surface area contributed by atoms with Gasteiger partial charge >= 0.3 is 23.9 Å². The average molecular weight is 469 g/mol. The number of carbonyl (C=O) groups excluding carboxylic acids is 5. The quantitative estimate of drug-likeness (QED) is 0.251. The molecule has 1 amide bonds.